The molecular formula is C22H32N4O3S2. The fourth-order valence-corrected chi connectivity index (χ4v) is 7.15. The fraction of sp³-hybridized carbons (Fsp3) is 0.591. The van der Waals surface area contributed by atoms with E-state index in [9.17, 15) is 13.2 Å². The Labute approximate surface area is 189 Å². The maximum absolute atomic E-state index is 13.0. The minimum atomic E-state index is -3.47. The van der Waals surface area contributed by atoms with Crippen molar-refractivity contribution in [1.82, 2.24) is 18.8 Å². The van der Waals surface area contributed by atoms with E-state index in [1.54, 1.807) is 27.6 Å². The maximum Gasteiger partial charge on any atom is 0.317 e. The third-order valence-electron chi connectivity index (χ3n) is 6.54. The lowest BCUT2D eigenvalue weighted by atomic mass is 9.96. The van der Waals surface area contributed by atoms with E-state index in [0.717, 1.165) is 32.1 Å². The van der Waals surface area contributed by atoms with Gasteiger partial charge in [0, 0.05) is 50.5 Å². The van der Waals surface area contributed by atoms with Crippen LogP contribution in [0.2, 0.25) is 0 Å². The van der Waals surface area contributed by atoms with E-state index in [2.05, 4.69) is 22.8 Å². The third kappa shape index (κ3) is 5.05. The zero-order chi connectivity index (χ0) is 21.8. The van der Waals surface area contributed by atoms with Crippen molar-refractivity contribution in [3.8, 4) is 0 Å². The van der Waals surface area contributed by atoms with Crippen molar-refractivity contribution in [3.63, 3.8) is 0 Å². The van der Waals surface area contributed by atoms with E-state index in [-0.39, 0.29) is 12.1 Å². The van der Waals surface area contributed by atoms with Crippen LogP contribution < -0.4 is 5.32 Å². The van der Waals surface area contributed by atoms with Crippen molar-refractivity contribution in [2.24, 2.45) is 0 Å². The van der Waals surface area contributed by atoms with Gasteiger partial charge in [0.15, 0.2) is 0 Å². The monoisotopic (exact) mass is 464 g/mol. The van der Waals surface area contributed by atoms with Gasteiger partial charge in [-0.1, -0.05) is 37.5 Å². The zero-order valence-electron chi connectivity index (χ0n) is 18.1. The molecule has 9 heteroatoms. The van der Waals surface area contributed by atoms with E-state index in [4.69, 9.17) is 0 Å². The van der Waals surface area contributed by atoms with Crippen LogP contribution in [-0.4, -0.2) is 73.8 Å². The molecule has 2 heterocycles. The van der Waals surface area contributed by atoms with Gasteiger partial charge in [-0.2, -0.15) is 17.0 Å². The number of benzene rings is 1. The number of nitrogens with zero attached hydrogens (tertiary/aromatic N) is 3. The van der Waals surface area contributed by atoms with Crippen molar-refractivity contribution in [1.29, 1.82) is 0 Å². The molecule has 2 aromatic rings. The van der Waals surface area contributed by atoms with Gasteiger partial charge in [-0.3, -0.25) is 0 Å². The van der Waals surface area contributed by atoms with Crippen molar-refractivity contribution < 1.29 is 13.2 Å². The number of nitrogens with one attached hydrogen (secondary N) is 1. The first kappa shape index (κ1) is 22.5. The number of rotatable bonds is 6. The summed E-state index contributed by atoms with van der Waals surface area (Å²) >= 11 is 1.73. The number of hydrogen-bond acceptors (Lipinski definition) is 4. The molecule has 170 valence electrons. The van der Waals surface area contributed by atoms with Crippen LogP contribution in [0.15, 0.2) is 29.6 Å². The molecule has 1 N–H and O–H groups in total. The highest BCUT2D eigenvalue weighted by molar-refractivity contribution is 7.86. The summed E-state index contributed by atoms with van der Waals surface area (Å²) in [6.45, 7) is 2.11. The summed E-state index contributed by atoms with van der Waals surface area (Å²) in [7, 11) is -1.76. The predicted molar refractivity (Wildman–Crippen MR) is 126 cm³/mol. The highest BCUT2D eigenvalue weighted by Gasteiger charge is 2.35. The van der Waals surface area contributed by atoms with Gasteiger partial charge in [0.25, 0.3) is 10.2 Å². The van der Waals surface area contributed by atoms with Gasteiger partial charge < -0.3 is 10.2 Å². The third-order valence-corrected chi connectivity index (χ3v) is 9.59. The molecule has 31 heavy (non-hydrogen) atoms. The van der Waals surface area contributed by atoms with Crippen LogP contribution in [0.25, 0.3) is 10.1 Å². The lowest BCUT2D eigenvalue weighted by Crippen LogP contribution is -2.56. The van der Waals surface area contributed by atoms with Gasteiger partial charge in [0.05, 0.1) is 0 Å². The second kappa shape index (κ2) is 9.85. The SMILES string of the molecule is CN(C1CCCCC1)S(=O)(=O)N1CCN(C(=O)NCCc2csc3ccccc23)CC1. The number of urea groups is 1. The molecule has 1 aromatic heterocycles. The molecule has 2 fully saturated rings. The molecular weight excluding hydrogens is 432 g/mol. The van der Waals surface area contributed by atoms with Crippen molar-refractivity contribution in [2.45, 2.75) is 44.6 Å². The highest BCUT2D eigenvalue weighted by Crippen LogP contribution is 2.26. The molecule has 1 aliphatic carbocycles. The predicted octanol–water partition coefficient (Wildman–Crippen LogP) is 3.28. The van der Waals surface area contributed by atoms with Crippen LogP contribution in [-0.2, 0) is 16.6 Å². The molecule has 2 aliphatic rings. The summed E-state index contributed by atoms with van der Waals surface area (Å²) in [5, 5.41) is 6.41. The Bertz CT molecular complexity index is 993. The number of thiophene rings is 1. The van der Waals surface area contributed by atoms with Crippen LogP contribution in [0, 0.1) is 0 Å². The van der Waals surface area contributed by atoms with Crippen LogP contribution in [0.1, 0.15) is 37.7 Å². The number of carbonyl (C=O) groups excluding carboxylic acids is 1. The van der Waals surface area contributed by atoms with Gasteiger partial charge in [-0.25, -0.2) is 4.79 Å². The average molecular weight is 465 g/mol. The number of amides is 2. The molecule has 0 radical (unpaired) electrons. The Morgan fingerprint density at radius 1 is 1.13 bits per heavy atom. The van der Waals surface area contributed by atoms with E-state index in [0.29, 0.717) is 32.7 Å². The van der Waals surface area contributed by atoms with Gasteiger partial charge >= 0.3 is 6.03 Å². The van der Waals surface area contributed by atoms with Crippen molar-refractivity contribution >= 4 is 37.7 Å². The van der Waals surface area contributed by atoms with Gasteiger partial charge in [0.2, 0.25) is 0 Å². The Kier molecular flexibility index (Phi) is 7.15. The Hall–Kier alpha value is -1.68. The Morgan fingerprint density at radius 2 is 1.84 bits per heavy atom. The first-order valence-corrected chi connectivity index (χ1v) is 13.5. The summed E-state index contributed by atoms with van der Waals surface area (Å²) in [6.07, 6.45) is 6.06. The summed E-state index contributed by atoms with van der Waals surface area (Å²) in [4.78, 5) is 14.3. The molecule has 2 amide bonds. The van der Waals surface area contributed by atoms with E-state index in [1.165, 1.54) is 26.4 Å². The molecule has 0 atom stereocenters. The highest BCUT2D eigenvalue weighted by atomic mass is 32.2. The summed E-state index contributed by atoms with van der Waals surface area (Å²) in [6, 6.07) is 8.30. The molecule has 1 saturated heterocycles. The first-order valence-electron chi connectivity index (χ1n) is 11.2. The normalized spacial score (nSPS) is 19.2. The van der Waals surface area contributed by atoms with Gasteiger partial charge in [-0.05, 0) is 41.7 Å². The summed E-state index contributed by atoms with van der Waals surface area (Å²) < 4.78 is 30.4. The van der Waals surface area contributed by atoms with E-state index in [1.807, 2.05) is 12.1 Å². The van der Waals surface area contributed by atoms with Gasteiger partial charge in [0.1, 0.15) is 0 Å². The number of carbonyl (C=O) groups is 1. The zero-order valence-corrected chi connectivity index (χ0v) is 19.8. The van der Waals surface area contributed by atoms with Crippen LogP contribution >= 0.6 is 11.3 Å². The lowest BCUT2D eigenvalue weighted by molar-refractivity contribution is 0.167. The number of fused-ring (bicyclic) bond motifs is 1. The maximum atomic E-state index is 13.0. The largest absolute Gasteiger partial charge is 0.338 e. The molecule has 1 aromatic carbocycles. The summed E-state index contributed by atoms with van der Waals surface area (Å²) in [5.41, 5.74) is 1.25. The Morgan fingerprint density at radius 3 is 2.58 bits per heavy atom. The second-order valence-electron chi connectivity index (χ2n) is 8.44. The Balaban J connectivity index is 1.24. The van der Waals surface area contributed by atoms with Crippen molar-refractivity contribution in [2.75, 3.05) is 39.8 Å². The molecule has 1 saturated carbocycles. The number of piperazine rings is 1. The number of hydrogen-bond donors (Lipinski definition) is 1. The summed E-state index contributed by atoms with van der Waals surface area (Å²) in [5.74, 6) is 0. The molecule has 4 rings (SSSR count). The molecule has 0 bridgehead atoms. The second-order valence-corrected chi connectivity index (χ2v) is 11.3. The smallest absolute Gasteiger partial charge is 0.317 e. The van der Waals surface area contributed by atoms with Crippen LogP contribution in [0.5, 0.6) is 0 Å². The fourth-order valence-electron chi connectivity index (χ4n) is 4.58. The topological polar surface area (TPSA) is 73.0 Å². The first-order chi connectivity index (χ1) is 15.0. The van der Waals surface area contributed by atoms with Crippen LogP contribution in [0.4, 0.5) is 4.79 Å². The molecule has 0 unspecified atom stereocenters. The van der Waals surface area contributed by atoms with E-state index >= 15 is 0 Å². The molecule has 1 aliphatic heterocycles. The lowest BCUT2D eigenvalue weighted by Gasteiger charge is -2.38. The molecule has 0 spiro atoms. The standard InChI is InChI=1S/C22H32N4O3S2/c1-24(19-7-3-2-4-8-19)31(28,29)26-15-13-25(14-16-26)22(27)23-12-11-18-17-30-21-10-6-5-9-20(18)21/h5-6,9-10,17,19H,2-4,7-8,11-16H2,1H3,(H,23,27). The molecule has 7 nitrogen and oxygen atoms in total. The quantitative estimate of drug-likeness (QED) is 0.713. The van der Waals surface area contributed by atoms with Gasteiger partial charge in [-0.15, -0.1) is 11.3 Å². The van der Waals surface area contributed by atoms with E-state index < -0.39 is 10.2 Å². The average Bonchev–Trinajstić information content (AvgIpc) is 3.22. The minimum absolute atomic E-state index is 0.105. The van der Waals surface area contributed by atoms with Crippen LogP contribution in [0.3, 0.4) is 0 Å². The minimum Gasteiger partial charge on any atom is -0.338 e. The van der Waals surface area contributed by atoms with Crippen molar-refractivity contribution in [3.05, 3.63) is 35.2 Å².